The maximum Gasteiger partial charge on any atom is 0.237 e. The van der Waals surface area contributed by atoms with Crippen molar-refractivity contribution in [3.63, 3.8) is 0 Å². The molecule has 0 fully saturated rings. The lowest BCUT2D eigenvalue weighted by atomic mass is 10.1. The SMILES string of the molecule is CCC[C@H](N)C(=O)NC(C)Cc1ccc(F)cc1. The minimum Gasteiger partial charge on any atom is -0.352 e. The van der Waals surface area contributed by atoms with E-state index in [0.29, 0.717) is 12.8 Å². The van der Waals surface area contributed by atoms with Gasteiger partial charge in [-0.2, -0.15) is 0 Å². The lowest BCUT2D eigenvalue weighted by Crippen LogP contribution is -2.45. The van der Waals surface area contributed by atoms with Gasteiger partial charge in [0.2, 0.25) is 5.91 Å². The lowest BCUT2D eigenvalue weighted by molar-refractivity contribution is -0.123. The summed E-state index contributed by atoms with van der Waals surface area (Å²) in [6, 6.07) is 5.85. The van der Waals surface area contributed by atoms with E-state index < -0.39 is 6.04 Å². The maximum absolute atomic E-state index is 12.7. The van der Waals surface area contributed by atoms with Gasteiger partial charge in [-0.15, -0.1) is 0 Å². The second-order valence-electron chi connectivity index (χ2n) is 4.64. The highest BCUT2D eigenvalue weighted by Gasteiger charge is 2.14. The second kappa shape index (κ2) is 7.11. The van der Waals surface area contributed by atoms with Gasteiger partial charge >= 0.3 is 0 Å². The number of carbonyl (C=O) groups excluding carboxylic acids is 1. The molecule has 2 atom stereocenters. The van der Waals surface area contributed by atoms with Gasteiger partial charge in [0.25, 0.3) is 0 Å². The average molecular weight is 252 g/mol. The first kappa shape index (κ1) is 14.6. The molecule has 0 aliphatic carbocycles. The van der Waals surface area contributed by atoms with Crippen LogP contribution in [0, 0.1) is 5.82 Å². The van der Waals surface area contributed by atoms with Gasteiger partial charge in [0.05, 0.1) is 6.04 Å². The van der Waals surface area contributed by atoms with E-state index in [1.165, 1.54) is 12.1 Å². The molecule has 3 nitrogen and oxygen atoms in total. The van der Waals surface area contributed by atoms with Crippen LogP contribution in [0.3, 0.4) is 0 Å². The molecule has 1 unspecified atom stereocenters. The molecule has 0 aliphatic heterocycles. The minimum atomic E-state index is -0.439. The van der Waals surface area contributed by atoms with Crippen LogP contribution in [-0.2, 0) is 11.2 Å². The molecule has 1 rings (SSSR count). The zero-order chi connectivity index (χ0) is 13.5. The summed E-state index contributed by atoms with van der Waals surface area (Å²) in [4.78, 5) is 11.7. The topological polar surface area (TPSA) is 55.1 Å². The van der Waals surface area contributed by atoms with Gasteiger partial charge < -0.3 is 11.1 Å². The molecule has 1 aromatic carbocycles. The zero-order valence-corrected chi connectivity index (χ0v) is 10.9. The molecule has 0 saturated carbocycles. The molecular weight excluding hydrogens is 231 g/mol. The Morgan fingerprint density at radius 3 is 2.56 bits per heavy atom. The monoisotopic (exact) mass is 252 g/mol. The second-order valence-corrected chi connectivity index (χ2v) is 4.64. The molecular formula is C14H21FN2O. The van der Waals surface area contributed by atoms with Crippen molar-refractivity contribution in [3.8, 4) is 0 Å². The van der Waals surface area contributed by atoms with Gasteiger partial charge in [0, 0.05) is 6.04 Å². The number of halogens is 1. The van der Waals surface area contributed by atoms with Crippen molar-refractivity contribution < 1.29 is 9.18 Å². The van der Waals surface area contributed by atoms with Crippen molar-refractivity contribution in [3.05, 3.63) is 35.6 Å². The summed E-state index contributed by atoms with van der Waals surface area (Å²) in [5.41, 5.74) is 6.72. The van der Waals surface area contributed by atoms with Gasteiger partial charge in [0.15, 0.2) is 0 Å². The Kier molecular flexibility index (Phi) is 5.78. The van der Waals surface area contributed by atoms with E-state index in [1.807, 2.05) is 13.8 Å². The number of hydrogen-bond acceptors (Lipinski definition) is 2. The van der Waals surface area contributed by atoms with Crippen LogP contribution < -0.4 is 11.1 Å². The largest absolute Gasteiger partial charge is 0.352 e. The van der Waals surface area contributed by atoms with Crippen LogP contribution in [0.15, 0.2) is 24.3 Å². The van der Waals surface area contributed by atoms with Crippen LogP contribution in [0.2, 0.25) is 0 Å². The van der Waals surface area contributed by atoms with Crippen LogP contribution in [0.4, 0.5) is 4.39 Å². The molecule has 1 aromatic rings. The molecule has 18 heavy (non-hydrogen) atoms. The Morgan fingerprint density at radius 2 is 2.00 bits per heavy atom. The third-order valence-electron chi connectivity index (χ3n) is 2.78. The predicted molar refractivity (Wildman–Crippen MR) is 70.6 cm³/mol. The third kappa shape index (κ3) is 4.84. The van der Waals surface area contributed by atoms with Crippen LogP contribution in [0.5, 0.6) is 0 Å². The van der Waals surface area contributed by atoms with Crippen molar-refractivity contribution in [2.45, 2.75) is 45.2 Å². The Labute approximate surface area is 108 Å². The lowest BCUT2D eigenvalue weighted by Gasteiger charge is -2.17. The van der Waals surface area contributed by atoms with E-state index in [0.717, 1.165) is 12.0 Å². The molecule has 0 spiro atoms. The van der Waals surface area contributed by atoms with E-state index in [1.54, 1.807) is 12.1 Å². The third-order valence-corrected chi connectivity index (χ3v) is 2.78. The first-order chi connectivity index (χ1) is 8.52. The van der Waals surface area contributed by atoms with Crippen molar-refractivity contribution >= 4 is 5.91 Å². The van der Waals surface area contributed by atoms with Crippen LogP contribution >= 0.6 is 0 Å². The molecule has 1 amide bonds. The highest BCUT2D eigenvalue weighted by atomic mass is 19.1. The molecule has 100 valence electrons. The van der Waals surface area contributed by atoms with Crippen LogP contribution in [0.1, 0.15) is 32.3 Å². The molecule has 4 heteroatoms. The molecule has 0 aromatic heterocycles. The fourth-order valence-corrected chi connectivity index (χ4v) is 1.82. The van der Waals surface area contributed by atoms with Crippen LogP contribution in [0.25, 0.3) is 0 Å². The first-order valence-corrected chi connectivity index (χ1v) is 6.33. The summed E-state index contributed by atoms with van der Waals surface area (Å²) < 4.78 is 12.7. The first-order valence-electron chi connectivity index (χ1n) is 6.33. The summed E-state index contributed by atoms with van der Waals surface area (Å²) in [7, 11) is 0. The minimum absolute atomic E-state index is 0.00846. The van der Waals surface area contributed by atoms with E-state index in [9.17, 15) is 9.18 Å². The van der Waals surface area contributed by atoms with Gasteiger partial charge in [-0.1, -0.05) is 25.5 Å². The summed E-state index contributed by atoms with van der Waals surface area (Å²) in [5.74, 6) is -0.369. The number of benzene rings is 1. The van der Waals surface area contributed by atoms with Gasteiger partial charge in [-0.3, -0.25) is 4.79 Å². The normalized spacial score (nSPS) is 14.0. The number of nitrogens with two attached hydrogens (primary N) is 1. The fourth-order valence-electron chi connectivity index (χ4n) is 1.82. The summed E-state index contributed by atoms with van der Waals surface area (Å²) in [5, 5.41) is 2.87. The number of nitrogens with one attached hydrogen (secondary N) is 1. The number of hydrogen-bond donors (Lipinski definition) is 2. The Bertz CT molecular complexity index is 378. The summed E-state index contributed by atoms with van der Waals surface area (Å²) >= 11 is 0. The Morgan fingerprint density at radius 1 is 1.39 bits per heavy atom. The van der Waals surface area contributed by atoms with E-state index >= 15 is 0 Å². The van der Waals surface area contributed by atoms with Crippen LogP contribution in [-0.4, -0.2) is 18.0 Å². The average Bonchev–Trinajstić information content (AvgIpc) is 2.32. The molecule has 0 saturated heterocycles. The molecule has 0 bridgehead atoms. The van der Waals surface area contributed by atoms with Gasteiger partial charge in [0.1, 0.15) is 5.82 Å². The van der Waals surface area contributed by atoms with Crippen molar-refractivity contribution in [1.29, 1.82) is 0 Å². The Hall–Kier alpha value is -1.42. The van der Waals surface area contributed by atoms with Crippen molar-refractivity contribution in [2.75, 3.05) is 0 Å². The Balaban J connectivity index is 2.43. The van der Waals surface area contributed by atoms with E-state index in [2.05, 4.69) is 5.32 Å². The number of amides is 1. The van der Waals surface area contributed by atoms with Gasteiger partial charge in [-0.05, 0) is 37.5 Å². The van der Waals surface area contributed by atoms with E-state index in [-0.39, 0.29) is 17.8 Å². The molecule has 0 heterocycles. The summed E-state index contributed by atoms with van der Waals surface area (Å²) in [6.07, 6.45) is 2.25. The van der Waals surface area contributed by atoms with Crippen molar-refractivity contribution in [2.24, 2.45) is 5.73 Å². The molecule has 0 aliphatic rings. The summed E-state index contributed by atoms with van der Waals surface area (Å²) in [6.45, 7) is 3.91. The predicted octanol–water partition coefficient (Wildman–Crippen LogP) is 2.00. The quantitative estimate of drug-likeness (QED) is 0.813. The fraction of sp³-hybridized carbons (Fsp3) is 0.500. The molecule has 0 radical (unpaired) electrons. The zero-order valence-electron chi connectivity index (χ0n) is 10.9. The highest BCUT2D eigenvalue weighted by molar-refractivity contribution is 5.81. The number of carbonyl (C=O) groups is 1. The number of rotatable bonds is 6. The maximum atomic E-state index is 12.7. The van der Waals surface area contributed by atoms with Gasteiger partial charge in [-0.25, -0.2) is 4.39 Å². The standard InChI is InChI=1S/C14H21FN2O/c1-3-4-13(16)14(18)17-10(2)9-11-5-7-12(15)8-6-11/h5-8,10,13H,3-4,9,16H2,1-2H3,(H,17,18)/t10?,13-/m0/s1. The van der Waals surface area contributed by atoms with Crippen molar-refractivity contribution in [1.82, 2.24) is 5.32 Å². The smallest absolute Gasteiger partial charge is 0.237 e. The highest BCUT2D eigenvalue weighted by Crippen LogP contribution is 2.06. The molecule has 3 N–H and O–H groups in total. The van der Waals surface area contributed by atoms with E-state index in [4.69, 9.17) is 5.73 Å².